The lowest BCUT2D eigenvalue weighted by molar-refractivity contribution is 0.218. The summed E-state index contributed by atoms with van der Waals surface area (Å²) in [5, 5.41) is 0.520. The van der Waals surface area contributed by atoms with Crippen LogP contribution in [0.15, 0.2) is 55.6 Å². The van der Waals surface area contributed by atoms with Crippen molar-refractivity contribution in [3.05, 3.63) is 67.0 Å². The van der Waals surface area contributed by atoms with E-state index in [0.717, 1.165) is 12.3 Å². The lowest BCUT2D eigenvalue weighted by Gasteiger charge is -2.33. The number of piperidine rings is 1. The molecule has 0 amide bonds. The van der Waals surface area contributed by atoms with E-state index in [1.165, 1.54) is 69.4 Å². The molecule has 3 aromatic rings. The summed E-state index contributed by atoms with van der Waals surface area (Å²) < 4.78 is 4.63. The van der Waals surface area contributed by atoms with Gasteiger partial charge in [-0.05, 0) is 50.9 Å². The summed E-state index contributed by atoms with van der Waals surface area (Å²) in [6.45, 7) is 3.41. The van der Waals surface area contributed by atoms with Gasteiger partial charge in [-0.15, -0.1) is 11.8 Å². The minimum absolute atomic E-state index is 0.371. The number of nitrogens with zero attached hydrogens (tertiary/aromatic N) is 6. The molecule has 3 atom stereocenters. The SMILES string of the molecule is c1cc(CSC2CCCCC(n3ccnc3)C2n2ccnc2)nc(CN2CCCCC2)c1. The van der Waals surface area contributed by atoms with Gasteiger partial charge in [-0.1, -0.05) is 25.3 Å². The van der Waals surface area contributed by atoms with Gasteiger partial charge >= 0.3 is 0 Å². The molecule has 7 heteroatoms. The molecule has 0 aromatic carbocycles. The smallest absolute Gasteiger partial charge is 0.0949 e. The zero-order valence-electron chi connectivity index (χ0n) is 18.8. The second-order valence-electron chi connectivity index (χ2n) is 9.17. The Morgan fingerprint density at radius 1 is 0.844 bits per heavy atom. The Kier molecular flexibility index (Phi) is 7.24. The van der Waals surface area contributed by atoms with Crippen molar-refractivity contribution in [2.24, 2.45) is 0 Å². The molecular weight excluding hydrogens is 416 g/mol. The van der Waals surface area contributed by atoms with Crippen LogP contribution in [0.2, 0.25) is 0 Å². The highest BCUT2D eigenvalue weighted by Crippen LogP contribution is 2.42. The molecule has 1 saturated carbocycles. The molecule has 6 nitrogen and oxygen atoms in total. The topological polar surface area (TPSA) is 51.8 Å². The van der Waals surface area contributed by atoms with Crippen LogP contribution in [-0.2, 0) is 12.3 Å². The third-order valence-corrected chi connectivity index (χ3v) is 8.34. The van der Waals surface area contributed by atoms with Crippen molar-refractivity contribution in [1.82, 2.24) is 29.0 Å². The van der Waals surface area contributed by atoms with Crippen LogP contribution in [0.4, 0.5) is 0 Å². The summed E-state index contributed by atoms with van der Waals surface area (Å²) in [5.41, 5.74) is 2.42. The van der Waals surface area contributed by atoms with Crippen LogP contribution >= 0.6 is 11.8 Å². The van der Waals surface area contributed by atoms with Crippen molar-refractivity contribution in [1.29, 1.82) is 0 Å². The Balaban J connectivity index is 1.30. The number of thioether (sulfide) groups is 1. The molecule has 2 aliphatic rings. The van der Waals surface area contributed by atoms with Crippen molar-refractivity contribution < 1.29 is 0 Å². The number of imidazole rings is 2. The van der Waals surface area contributed by atoms with Gasteiger partial charge in [0.05, 0.1) is 36.1 Å². The van der Waals surface area contributed by atoms with Crippen LogP contribution < -0.4 is 0 Å². The minimum Gasteiger partial charge on any atom is -0.332 e. The number of rotatable bonds is 7. The number of aromatic nitrogens is 5. The van der Waals surface area contributed by atoms with Crippen molar-refractivity contribution >= 4 is 11.8 Å². The van der Waals surface area contributed by atoms with Crippen molar-refractivity contribution in [2.45, 2.75) is 74.6 Å². The number of pyridine rings is 1. The zero-order chi connectivity index (χ0) is 21.6. The molecule has 3 aromatic heterocycles. The standard InChI is InChI=1S/C25H34N6S/c1-4-13-29(14-5-1)17-21-7-6-8-22(28-21)18-32-24-10-3-2-9-23(30-15-11-26-19-30)25(24)31-16-12-27-20-31/h6-8,11-12,15-16,19-20,23-25H,1-5,9-10,13-14,17-18H2. The summed E-state index contributed by atoms with van der Waals surface area (Å²) in [5.74, 6) is 0.959. The summed E-state index contributed by atoms with van der Waals surface area (Å²) >= 11 is 2.07. The molecule has 5 rings (SSSR count). The molecule has 0 radical (unpaired) electrons. The molecule has 1 aliphatic carbocycles. The molecule has 170 valence electrons. The zero-order valence-corrected chi connectivity index (χ0v) is 19.6. The van der Waals surface area contributed by atoms with Gasteiger partial charge in [0.15, 0.2) is 0 Å². The highest BCUT2D eigenvalue weighted by atomic mass is 32.2. The largest absolute Gasteiger partial charge is 0.332 e. The van der Waals surface area contributed by atoms with Gasteiger partial charge in [0.1, 0.15) is 0 Å². The Bertz CT molecular complexity index is 935. The normalized spacial score (nSPS) is 24.9. The average molecular weight is 451 g/mol. The molecule has 4 heterocycles. The van der Waals surface area contributed by atoms with Crippen LogP contribution in [0, 0.1) is 0 Å². The second-order valence-corrected chi connectivity index (χ2v) is 10.4. The first-order valence-electron chi connectivity index (χ1n) is 12.1. The van der Waals surface area contributed by atoms with Gasteiger partial charge in [0.2, 0.25) is 0 Å². The summed E-state index contributed by atoms with van der Waals surface area (Å²) in [7, 11) is 0. The molecule has 0 spiro atoms. The van der Waals surface area contributed by atoms with E-state index in [9.17, 15) is 0 Å². The first-order chi connectivity index (χ1) is 15.9. The van der Waals surface area contributed by atoms with E-state index >= 15 is 0 Å². The van der Waals surface area contributed by atoms with Gasteiger partial charge < -0.3 is 9.13 Å². The van der Waals surface area contributed by atoms with Crippen LogP contribution in [0.3, 0.4) is 0 Å². The average Bonchev–Trinajstić information content (AvgIpc) is 3.51. The Hall–Kier alpha value is -2.12. The summed E-state index contributed by atoms with van der Waals surface area (Å²) in [4.78, 5) is 16.3. The fourth-order valence-corrected chi connectivity index (χ4v) is 6.73. The van der Waals surface area contributed by atoms with E-state index in [1.54, 1.807) is 0 Å². The first kappa shape index (κ1) is 21.7. The van der Waals surface area contributed by atoms with Crippen LogP contribution in [0.5, 0.6) is 0 Å². The minimum atomic E-state index is 0.371. The van der Waals surface area contributed by atoms with Crippen LogP contribution in [0.25, 0.3) is 0 Å². The van der Waals surface area contributed by atoms with Crippen molar-refractivity contribution in [3.63, 3.8) is 0 Å². The maximum atomic E-state index is 5.03. The lowest BCUT2D eigenvalue weighted by Crippen LogP contribution is -2.29. The van der Waals surface area contributed by atoms with Gasteiger partial charge in [0, 0.05) is 42.3 Å². The maximum absolute atomic E-state index is 5.03. The highest BCUT2D eigenvalue weighted by molar-refractivity contribution is 7.99. The Morgan fingerprint density at radius 3 is 2.38 bits per heavy atom. The number of hydrogen-bond acceptors (Lipinski definition) is 5. The van der Waals surface area contributed by atoms with Crippen molar-refractivity contribution in [3.8, 4) is 0 Å². The van der Waals surface area contributed by atoms with Crippen molar-refractivity contribution in [2.75, 3.05) is 13.1 Å². The maximum Gasteiger partial charge on any atom is 0.0949 e. The highest BCUT2D eigenvalue weighted by Gasteiger charge is 2.34. The third-order valence-electron chi connectivity index (χ3n) is 6.93. The first-order valence-corrected chi connectivity index (χ1v) is 13.2. The molecule has 2 fully saturated rings. The molecular formula is C25H34N6S. The van der Waals surface area contributed by atoms with Crippen LogP contribution in [0.1, 0.15) is 68.4 Å². The number of likely N-dealkylation sites (tertiary alicyclic amines) is 1. The quantitative estimate of drug-likeness (QED) is 0.468. The van der Waals surface area contributed by atoms with Crippen LogP contribution in [-0.4, -0.2) is 47.3 Å². The number of hydrogen-bond donors (Lipinski definition) is 0. The fourth-order valence-electron chi connectivity index (χ4n) is 5.33. The van der Waals surface area contributed by atoms with E-state index in [-0.39, 0.29) is 0 Å². The van der Waals surface area contributed by atoms with E-state index < -0.39 is 0 Å². The lowest BCUT2D eigenvalue weighted by atomic mass is 10.0. The van der Waals surface area contributed by atoms with E-state index in [0.29, 0.717) is 17.3 Å². The molecule has 3 unspecified atom stereocenters. The summed E-state index contributed by atoms with van der Waals surface area (Å²) in [6.07, 6.45) is 21.0. The van der Waals surface area contributed by atoms with E-state index in [1.807, 2.05) is 25.0 Å². The molecule has 0 bridgehead atoms. The Labute approximate surface area is 195 Å². The van der Waals surface area contributed by atoms with Gasteiger partial charge in [-0.3, -0.25) is 9.88 Å². The second kappa shape index (κ2) is 10.7. The predicted molar refractivity (Wildman–Crippen MR) is 129 cm³/mol. The van der Waals surface area contributed by atoms with E-state index in [4.69, 9.17) is 4.98 Å². The molecule has 32 heavy (non-hydrogen) atoms. The Morgan fingerprint density at radius 2 is 1.59 bits per heavy atom. The van der Waals surface area contributed by atoms with Gasteiger partial charge in [-0.25, -0.2) is 9.97 Å². The molecule has 0 N–H and O–H groups in total. The van der Waals surface area contributed by atoms with Gasteiger partial charge in [0.25, 0.3) is 0 Å². The summed E-state index contributed by atoms with van der Waals surface area (Å²) in [6, 6.07) is 7.36. The molecule has 1 saturated heterocycles. The predicted octanol–water partition coefficient (Wildman–Crippen LogP) is 5.12. The van der Waals surface area contributed by atoms with E-state index in [2.05, 4.69) is 66.4 Å². The third kappa shape index (κ3) is 5.26. The fraction of sp³-hybridized carbons (Fsp3) is 0.560. The molecule has 1 aliphatic heterocycles. The monoisotopic (exact) mass is 450 g/mol. The van der Waals surface area contributed by atoms with Gasteiger partial charge in [-0.2, -0.15) is 0 Å².